The number of nitrogens with one attached hydrogen (secondary N) is 1. The van der Waals surface area contributed by atoms with E-state index in [4.69, 9.17) is 4.74 Å². The predicted molar refractivity (Wildman–Crippen MR) is 109 cm³/mol. The van der Waals surface area contributed by atoms with Crippen LogP contribution in [-0.4, -0.2) is 48.6 Å². The number of anilines is 1. The monoisotopic (exact) mass is 367 g/mol. The molecule has 5 nitrogen and oxygen atoms in total. The van der Waals surface area contributed by atoms with Gasteiger partial charge >= 0.3 is 6.03 Å². The Morgan fingerprint density at radius 3 is 2.67 bits per heavy atom. The minimum Gasteiger partial charge on any atom is -0.380 e. The van der Waals surface area contributed by atoms with Gasteiger partial charge in [-0.05, 0) is 36.6 Å². The molecule has 0 radical (unpaired) electrons. The maximum absolute atomic E-state index is 12.8. The van der Waals surface area contributed by atoms with Gasteiger partial charge in [-0.1, -0.05) is 42.5 Å². The number of benzene rings is 2. The lowest BCUT2D eigenvalue weighted by Crippen LogP contribution is -2.44. The molecule has 1 heterocycles. The Bertz CT molecular complexity index is 735. The van der Waals surface area contributed by atoms with Crippen molar-refractivity contribution in [1.29, 1.82) is 0 Å². The smallest absolute Gasteiger partial charge is 0.322 e. The van der Waals surface area contributed by atoms with E-state index >= 15 is 0 Å². The molecular formula is C22H29N3O2. The van der Waals surface area contributed by atoms with E-state index in [1.165, 1.54) is 5.56 Å². The van der Waals surface area contributed by atoms with E-state index in [9.17, 15) is 4.79 Å². The van der Waals surface area contributed by atoms with Crippen LogP contribution in [0, 0.1) is 0 Å². The van der Waals surface area contributed by atoms with Crippen LogP contribution >= 0.6 is 0 Å². The SMILES string of the molecule is COCc1cccc(NC(=O)N2CCCN(Cc3ccccc3)CC2C)c1. The van der Waals surface area contributed by atoms with E-state index in [2.05, 4.69) is 41.4 Å². The summed E-state index contributed by atoms with van der Waals surface area (Å²) in [4.78, 5) is 17.2. The van der Waals surface area contributed by atoms with Gasteiger partial charge in [-0.25, -0.2) is 4.79 Å². The Morgan fingerprint density at radius 1 is 1.11 bits per heavy atom. The van der Waals surface area contributed by atoms with Gasteiger partial charge in [0.2, 0.25) is 0 Å². The van der Waals surface area contributed by atoms with Crippen molar-refractivity contribution in [3.05, 3.63) is 65.7 Å². The first-order valence-corrected chi connectivity index (χ1v) is 9.57. The molecule has 2 aromatic carbocycles. The average molecular weight is 367 g/mol. The third-order valence-corrected chi connectivity index (χ3v) is 4.93. The summed E-state index contributed by atoms with van der Waals surface area (Å²) < 4.78 is 5.17. The summed E-state index contributed by atoms with van der Waals surface area (Å²) in [6, 6.07) is 18.5. The van der Waals surface area contributed by atoms with Gasteiger partial charge in [-0.2, -0.15) is 0 Å². The van der Waals surface area contributed by atoms with E-state index < -0.39 is 0 Å². The van der Waals surface area contributed by atoms with Gasteiger partial charge in [-0.15, -0.1) is 0 Å². The molecule has 144 valence electrons. The van der Waals surface area contributed by atoms with Gasteiger partial charge in [0.1, 0.15) is 0 Å². The molecule has 2 amide bonds. The number of rotatable bonds is 5. The summed E-state index contributed by atoms with van der Waals surface area (Å²) in [6.45, 7) is 6.26. The summed E-state index contributed by atoms with van der Waals surface area (Å²) in [5.41, 5.74) is 3.18. The quantitative estimate of drug-likeness (QED) is 0.870. The van der Waals surface area contributed by atoms with Crippen LogP contribution in [0.15, 0.2) is 54.6 Å². The fourth-order valence-corrected chi connectivity index (χ4v) is 3.64. The number of nitrogens with zero attached hydrogens (tertiary/aromatic N) is 2. The molecule has 1 fully saturated rings. The van der Waals surface area contributed by atoms with Gasteiger partial charge < -0.3 is 15.0 Å². The van der Waals surface area contributed by atoms with Crippen molar-refractivity contribution >= 4 is 11.7 Å². The minimum atomic E-state index is -0.0290. The Labute approximate surface area is 161 Å². The molecule has 0 saturated carbocycles. The first-order chi connectivity index (χ1) is 13.2. The highest BCUT2D eigenvalue weighted by Gasteiger charge is 2.25. The molecule has 3 rings (SSSR count). The van der Waals surface area contributed by atoms with Crippen LogP contribution in [0.4, 0.5) is 10.5 Å². The number of carbonyl (C=O) groups excluding carboxylic acids is 1. The number of carbonyl (C=O) groups is 1. The summed E-state index contributed by atoms with van der Waals surface area (Å²) in [5.74, 6) is 0. The van der Waals surface area contributed by atoms with Crippen LogP contribution < -0.4 is 5.32 Å². The summed E-state index contributed by atoms with van der Waals surface area (Å²) in [6.07, 6.45) is 0.980. The molecule has 0 aliphatic carbocycles. The van der Waals surface area contributed by atoms with E-state index in [1.807, 2.05) is 35.2 Å². The molecule has 27 heavy (non-hydrogen) atoms. The predicted octanol–water partition coefficient (Wildman–Crippen LogP) is 3.96. The van der Waals surface area contributed by atoms with E-state index in [0.29, 0.717) is 6.61 Å². The van der Waals surface area contributed by atoms with Crippen LogP contribution in [-0.2, 0) is 17.9 Å². The fraction of sp³-hybridized carbons (Fsp3) is 0.409. The molecule has 0 aromatic heterocycles. The van der Waals surface area contributed by atoms with Crippen LogP contribution in [0.5, 0.6) is 0 Å². The zero-order chi connectivity index (χ0) is 19.1. The largest absolute Gasteiger partial charge is 0.380 e. The molecule has 1 aliphatic heterocycles. The molecule has 1 aliphatic rings. The third-order valence-electron chi connectivity index (χ3n) is 4.93. The molecule has 0 spiro atoms. The van der Waals surface area contributed by atoms with Crippen LogP contribution in [0.25, 0.3) is 0 Å². The van der Waals surface area contributed by atoms with Crippen LogP contribution in [0.3, 0.4) is 0 Å². The molecular weight excluding hydrogens is 338 g/mol. The van der Waals surface area contributed by atoms with Crippen molar-refractivity contribution in [1.82, 2.24) is 9.80 Å². The van der Waals surface area contributed by atoms with Crippen LogP contribution in [0.1, 0.15) is 24.5 Å². The van der Waals surface area contributed by atoms with Crippen molar-refractivity contribution in [3.8, 4) is 0 Å². The highest BCUT2D eigenvalue weighted by atomic mass is 16.5. The fourth-order valence-electron chi connectivity index (χ4n) is 3.64. The molecule has 1 N–H and O–H groups in total. The van der Waals surface area contributed by atoms with E-state index in [-0.39, 0.29) is 12.1 Å². The van der Waals surface area contributed by atoms with E-state index in [1.54, 1.807) is 7.11 Å². The lowest BCUT2D eigenvalue weighted by Gasteiger charge is -2.29. The highest BCUT2D eigenvalue weighted by molar-refractivity contribution is 5.89. The molecule has 0 bridgehead atoms. The number of ether oxygens (including phenoxy) is 1. The zero-order valence-electron chi connectivity index (χ0n) is 16.2. The van der Waals surface area contributed by atoms with Crippen molar-refractivity contribution < 1.29 is 9.53 Å². The van der Waals surface area contributed by atoms with Gasteiger partial charge in [0.25, 0.3) is 0 Å². The highest BCUT2D eigenvalue weighted by Crippen LogP contribution is 2.16. The molecule has 5 heteroatoms. The number of urea groups is 1. The molecule has 1 unspecified atom stereocenters. The second-order valence-electron chi connectivity index (χ2n) is 7.18. The number of hydrogen-bond donors (Lipinski definition) is 1. The van der Waals surface area contributed by atoms with Crippen molar-refractivity contribution in [2.75, 3.05) is 32.1 Å². The Kier molecular flexibility index (Phi) is 6.85. The van der Waals surface area contributed by atoms with Crippen molar-refractivity contribution in [2.45, 2.75) is 32.5 Å². The zero-order valence-corrected chi connectivity index (χ0v) is 16.2. The minimum absolute atomic E-state index is 0.0290. The lowest BCUT2D eigenvalue weighted by molar-refractivity contribution is 0.184. The Hall–Kier alpha value is -2.37. The number of amides is 2. The first-order valence-electron chi connectivity index (χ1n) is 9.57. The lowest BCUT2D eigenvalue weighted by atomic mass is 10.2. The van der Waals surface area contributed by atoms with Gasteiger partial charge in [-0.3, -0.25) is 4.90 Å². The van der Waals surface area contributed by atoms with Gasteiger partial charge in [0.15, 0.2) is 0 Å². The summed E-state index contributed by atoms with van der Waals surface area (Å²) in [5, 5.41) is 3.05. The number of methoxy groups -OCH3 is 1. The maximum atomic E-state index is 12.8. The first kappa shape index (κ1) is 19.4. The van der Waals surface area contributed by atoms with Crippen LogP contribution in [0.2, 0.25) is 0 Å². The van der Waals surface area contributed by atoms with Gasteiger partial charge in [0.05, 0.1) is 6.61 Å². The summed E-state index contributed by atoms with van der Waals surface area (Å²) >= 11 is 0. The Morgan fingerprint density at radius 2 is 1.89 bits per heavy atom. The average Bonchev–Trinajstić information content (AvgIpc) is 2.84. The topological polar surface area (TPSA) is 44.8 Å². The number of hydrogen-bond acceptors (Lipinski definition) is 3. The van der Waals surface area contributed by atoms with Crippen molar-refractivity contribution in [3.63, 3.8) is 0 Å². The maximum Gasteiger partial charge on any atom is 0.322 e. The second kappa shape index (κ2) is 9.53. The van der Waals surface area contributed by atoms with Crippen molar-refractivity contribution in [2.24, 2.45) is 0 Å². The molecule has 1 atom stereocenters. The molecule has 1 saturated heterocycles. The Balaban J connectivity index is 1.59. The second-order valence-corrected chi connectivity index (χ2v) is 7.18. The normalized spacial score (nSPS) is 18.1. The van der Waals surface area contributed by atoms with Gasteiger partial charge in [0, 0.05) is 45.0 Å². The third kappa shape index (κ3) is 5.55. The molecule has 2 aromatic rings. The van der Waals surface area contributed by atoms with E-state index in [0.717, 1.165) is 43.9 Å². The summed E-state index contributed by atoms with van der Waals surface area (Å²) in [7, 11) is 1.67. The standard InChI is InChI=1S/C22H29N3O2/c1-18-15-24(16-19-8-4-3-5-9-19)12-7-13-25(18)22(26)23-21-11-6-10-20(14-21)17-27-2/h3-6,8-11,14,18H,7,12-13,15-17H2,1-2H3,(H,23,26).